The predicted octanol–water partition coefficient (Wildman–Crippen LogP) is 4.22. The number of piperidine rings is 1. The maximum absolute atomic E-state index is 12.6. The summed E-state index contributed by atoms with van der Waals surface area (Å²) < 4.78 is 37.7. The Hall–Kier alpha value is -1.08. The van der Waals surface area contributed by atoms with Gasteiger partial charge in [0.05, 0.1) is 10.0 Å². The van der Waals surface area contributed by atoms with E-state index in [1.54, 1.807) is 18.4 Å². The summed E-state index contributed by atoms with van der Waals surface area (Å²) in [6, 6.07) is 4.54. The van der Waals surface area contributed by atoms with Gasteiger partial charge in [-0.3, -0.25) is 4.99 Å². The number of hydrogen-bond acceptors (Lipinski definition) is 5. The summed E-state index contributed by atoms with van der Waals surface area (Å²) in [6.07, 6.45) is -1.92. The minimum Gasteiger partial charge on any atom is -0.363 e. The molecule has 11 heteroatoms. The molecule has 2 N–H and O–H groups in total. The van der Waals surface area contributed by atoms with Crippen molar-refractivity contribution in [3.63, 3.8) is 0 Å². The van der Waals surface area contributed by atoms with E-state index < -0.39 is 11.9 Å². The molecule has 1 fully saturated rings. The molecule has 0 radical (unpaired) electrons. The van der Waals surface area contributed by atoms with Crippen molar-refractivity contribution in [2.24, 2.45) is 4.99 Å². The first-order chi connectivity index (χ1) is 13.0. The van der Waals surface area contributed by atoms with E-state index in [0.29, 0.717) is 30.0 Å². The number of nitrogens with zero attached hydrogens (tertiary/aromatic N) is 3. The number of guanidine groups is 1. The summed E-state index contributed by atoms with van der Waals surface area (Å²) in [5.74, 6) is 0.678. The minimum atomic E-state index is -4.38. The van der Waals surface area contributed by atoms with Crippen molar-refractivity contribution in [2.75, 3.05) is 31.6 Å². The van der Waals surface area contributed by atoms with E-state index in [4.69, 9.17) is 0 Å². The number of halogens is 4. The van der Waals surface area contributed by atoms with Crippen molar-refractivity contribution >= 4 is 57.6 Å². The predicted molar refractivity (Wildman–Crippen MR) is 120 cm³/mol. The zero-order chi connectivity index (χ0) is 19.3. The molecule has 2 aromatic heterocycles. The van der Waals surface area contributed by atoms with Crippen LogP contribution in [0, 0.1) is 0 Å². The van der Waals surface area contributed by atoms with E-state index in [2.05, 4.69) is 43.0 Å². The first-order valence-electron chi connectivity index (χ1n) is 8.73. The van der Waals surface area contributed by atoms with Crippen LogP contribution < -0.4 is 15.5 Å². The van der Waals surface area contributed by atoms with Crippen LogP contribution in [0.1, 0.15) is 23.5 Å². The van der Waals surface area contributed by atoms with Crippen LogP contribution in [0.15, 0.2) is 27.9 Å². The lowest BCUT2D eigenvalue weighted by Gasteiger charge is -2.33. The van der Waals surface area contributed by atoms with E-state index in [1.807, 2.05) is 0 Å². The van der Waals surface area contributed by atoms with Crippen LogP contribution in [-0.2, 0) is 12.6 Å². The second kappa shape index (κ2) is 10.6. The molecular formula is C17H23F3IN5S2. The van der Waals surface area contributed by atoms with Gasteiger partial charge in [0.2, 0.25) is 0 Å². The molecule has 2 aromatic rings. The Morgan fingerprint density at radius 1 is 1.32 bits per heavy atom. The number of aromatic nitrogens is 1. The Labute approximate surface area is 187 Å². The molecular weight excluding hydrogens is 522 g/mol. The molecule has 0 aliphatic carbocycles. The number of alkyl halides is 3. The third-order valence-corrected chi connectivity index (χ3v) is 6.19. The van der Waals surface area contributed by atoms with Crippen molar-refractivity contribution in [1.29, 1.82) is 0 Å². The van der Waals surface area contributed by atoms with Gasteiger partial charge in [0.15, 0.2) is 11.7 Å². The zero-order valence-electron chi connectivity index (χ0n) is 15.3. The number of hydrogen-bond donors (Lipinski definition) is 2. The summed E-state index contributed by atoms with van der Waals surface area (Å²) in [7, 11) is 1.70. The standard InChI is InChI=1S/C17H22F3N5S2.HI/c1-21-16(22-7-4-14-24-13(11-27-14)17(18,19)20)23-12-5-8-25(9-6-12)15-3-2-10-26-15;/h2-3,10-12H,4-9H2,1H3,(H2,21,22,23);1H. The monoisotopic (exact) mass is 545 g/mol. The summed E-state index contributed by atoms with van der Waals surface area (Å²) in [5.41, 5.74) is -0.817. The molecule has 3 rings (SSSR count). The van der Waals surface area contributed by atoms with Gasteiger partial charge in [-0.25, -0.2) is 4.98 Å². The molecule has 0 amide bonds. The first kappa shape index (κ1) is 23.2. The van der Waals surface area contributed by atoms with Gasteiger partial charge in [-0.1, -0.05) is 0 Å². The van der Waals surface area contributed by atoms with Gasteiger partial charge in [0.1, 0.15) is 0 Å². The average Bonchev–Trinajstić information content (AvgIpc) is 3.33. The lowest BCUT2D eigenvalue weighted by Crippen LogP contribution is -2.49. The fraction of sp³-hybridized carbons (Fsp3) is 0.529. The first-order valence-corrected chi connectivity index (χ1v) is 10.5. The topological polar surface area (TPSA) is 52.6 Å². The summed E-state index contributed by atoms with van der Waals surface area (Å²) in [6.45, 7) is 2.47. The van der Waals surface area contributed by atoms with E-state index in [-0.39, 0.29) is 24.0 Å². The number of thiophene rings is 1. The average molecular weight is 545 g/mol. The van der Waals surface area contributed by atoms with Crippen molar-refractivity contribution in [3.05, 3.63) is 33.6 Å². The fourth-order valence-electron chi connectivity index (χ4n) is 2.93. The van der Waals surface area contributed by atoms with E-state index >= 15 is 0 Å². The van der Waals surface area contributed by atoms with Gasteiger partial charge < -0.3 is 15.5 Å². The molecule has 0 saturated carbocycles. The Bertz CT molecular complexity index is 740. The molecule has 1 saturated heterocycles. The molecule has 1 aliphatic rings. The molecule has 5 nitrogen and oxygen atoms in total. The number of thiazole rings is 1. The highest BCUT2D eigenvalue weighted by Crippen LogP contribution is 2.30. The number of aliphatic imine (C=N–C) groups is 1. The van der Waals surface area contributed by atoms with Gasteiger partial charge in [0.25, 0.3) is 0 Å². The number of anilines is 1. The normalized spacial score (nSPS) is 16.0. The Balaban J connectivity index is 0.00000280. The van der Waals surface area contributed by atoms with Gasteiger partial charge >= 0.3 is 6.18 Å². The van der Waals surface area contributed by atoms with Crippen LogP contribution in [0.3, 0.4) is 0 Å². The molecule has 0 atom stereocenters. The third-order valence-electron chi connectivity index (χ3n) is 4.35. The molecule has 0 aromatic carbocycles. The highest BCUT2D eigenvalue weighted by molar-refractivity contribution is 14.0. The Morgan fingerprint density at radius 2 is 2.07 bits per heavy atom. The maximum atomic E-state index is 12.6. The lowest BCUT2D eigenvalue weighted by atomic mass is 10.1. The van der Waals surface area contributed by atoms with Gasteiger partial charge in [0, 0.05) is 44.5 Å². The van der Waals surface area contributed by atoms with Crippen molar-refractivity contribution < 1.29 is 13.2 Å². The second-order valence-electron chi connectivity index (χ2n) is 6.23. The zero-order valence-corrected chi connectivity index (χ0v) is 19.3. The third kappa shape index (κ3) is 6.48. The fourth-order valence-corrected chi connectivity index (χ4v) is 4.52. The lowest BCUT2D eigenvalue weighted by molar-refractivity contribution is -0.140. The van der Waals surface area contributed by atoms with E-state index in [0.717, 1.165) is 42.6 Å². The second-order valence-corrected chi connectivity index (χ2v) is 8.10. The van der Waals surface area contributed by atoms with Crippen LogP contribution in [0.4, 0.5) is 18.2 Å². The molecule has 0 bridgehead atoms. The molecule has 1 aliphatic heterocycles. The van der Waals surface area contributed by atoms with Crippen molar-refractivity contribution in [2.45, 2.75) is 31.5 Å². The molecule has 28 heavy (non-hydrogen) atoms. The number of nitrogens with one attached hydrogen (secondary N) is 2. The molecule has 0 spiro atoms. The highest BCUT2D eigenvalue weighted by Gasteiger charge is 2.33. The largest absolute Gasteiger partial charge is 0.434 e. The molecule has 156 valence electrons. The molecule has 0 unspecified atom stereocenters. The van der Waals surface area contributed by atoms with Crippen LogP contribution in [-0.4, -0.2) is 43.7 Å². The number of rotatable bonds is 5. The summed E-state index contributed by atoms with van der Waals surface area (Å²) in [5, 5.41) is 11.5. The van der Waals surface area contributed by atoms with Crippen LogP contribution in [0.25, 0.3) is 0 Å². The SMILES string of the molecule is CN=C(NCCc1nc(C(F)(F)F)cs1)NC1CCN(c2cccs2)CC1.I. The smallest absolute Gasteiger partial charge is 0.363 e. The van der Waals surface area contributed by atoms with Crippen molar-refractivity contribution in [1.82, 2.24) is 15.6 Å². The summed E-state index contributed by atoms with van der Waals surface area (Å²) in [4.78, 5) is 10.2. The van der Waals surface area contributed by atoms with Gasteiger partial charge in [-0.2, -0.15) is 13.2 Å². The van der Waals surface area contributed by atoms with Crippen LogP contribution in [0.2, 0.25) is 0 Å². The van der Waals surface area contributed by atoms with Gasteiger partial charge in [-0.15, -0.1) is 46.7 Å². The Kier molecular flexibility index (Phi) is 8.81. The van der Waals surface area contributed by atoms with Gasteiger partial charge in [-0.05, 0) is 30.4 Å². The maximum Gasteiger partial charge on any atom is 0.434 e. The highest BCUT2D eigenvalue weighted by atomic mass is 127. The summed E-state index contributed by atoms with van der Waals surface area (Å²) >= 11 is 2.79. The Morgan fingerprint density at radius 3 is 2.64 bits per heavy atom. The molecule has 3 heterocycles. The van der Waals surface area contributed by atoms with E-state index in [1.165, 1.54) is 5.00 Å². The van der Waals surface area contributed by atoms with Crippen LogP contribution in [0.5, 0.6) is 0 Å². The minimum absolute atomic E-state index is 0. The quantitative estimate of drug-likeness (QED) is 0.336. The van der Waals surface area contributed by atoms with E-state index in [9.17, 15) is 13.2 Å². The van der Waals surface area contributed by atoms with Crippen molar-refractivity contribution in [3.8, 4) is 0 Å². The van der Waals surface area contributed by atoms with Crippen LogP contribution >= 0.6 is 46.7 Å².